The summed E-state index contributed by atoms with van der Waals surface area (Å²) in [6.45, 7) is 5.48. The summed E-state index contributed by atoms with van der Waals surface area (Å²) in [6, 6.07) is 6.85. The van der Waals surface area contributed by atoms with Gasteiger partial charge in [-0.05, 0) is 38.0 Å². The Labute approximate surface area is 162 Å². The zero-order chi connectivity index (χ0) is 20.2. The van der Waals surface area contributed by atoms with Gasteiger partial charge in [-0.1, -0.05) is 19.1 Å². The maximum atomic E-state index is 12.6. The van der Waals surface area contributed by atoms with E-state index in [-0.39, 0.29) is 10.4 Å². The van der Waals surface area contributed by atoms with Gasteiger partial charge in [-0.15, -0.1) is 11.3 Å². The predicted octanol–water partition coefficient (Wildman–Crippen LogP) is 4.78. The Bertz CT molecular complexity index is 807. The van der Waals surface area contributed by atoms with Crippen molar-refractivity contribution in [2.24, 2.45) is 0 Å². The molecule has 1 amide bonds. The summed E-state index contributed by atoms with van der Waals surface area (Å²) in [5, 5.41) is 3.18. The molecule has 27 heavy (non-hydrogen) atoms. The number of thiazole rings is 1. The molecule has 0 spiro atoms. The molecule has 1 heterocycles. The summed E-state index contributed by atoms with van der Waals surface area (Å²) in [5.74, 6) is -1.04. The highest BCUT2D eigenvalue weighted by atomic mass is 32.2. The van der Waals surface area contributed by atoms with E-state index < -0.39 is 34.7 Å². The molecule has 2 N–H and O–H groups in total. The third kappa shape index (κ3) is 5.77. The Morgan fingerprint density at radius 3 is 2.41 bits per heavy atom. The molecule has 0 aliphatic carbocycles. The van der Waals surface area contributed by atoms with Crippen LogP contribution in [0.2, 0.25) is 0 Å². The molecule has 10 heteroatoms. The molecule has 0 fully saturated rings. The van der Waals surface area contributed by atoms with Crippen LogP contribution in [-0.2, 0) is 22.0 Å². The first-order chi connectivity index (χ1) is 12.6. The highest BCUT2D eigenvalue weighted by Crippen LogP contribution is 2.32. The summed E-state index contributed by atoms with van der Waals surface area (Å²) < 4.78 is 52.6. The van der Waals surface area contributed by atoms with Crippen LogP contribution in [0.15, 0.2) is 29.6 Å². The standard InChI is InChI=1S/C17H20F3N3O2S2/c1-4-10(2)27(25)23-13-7-5-12(6-8-13)11(3)15(24)22-16-21-14(9-26-16)17(18,19)20/h5-11,23H,4H2,1-3H3,(H,21,22,24)/t10?,11-,27?/m1/s1. The molecule has 0 saturated heterocycles. The monoisotopic (exact) mass is 419 g/mol. The molecule has 2 unspecified atom stereocenters. The van der Waals surface area contributed by atoms with Gasteiger partial charge in [0.1, 0.15) is 11.0 Å². The van der Waals surface area contributed by atoms with Crippen molar-refractivity contribution in [2.75, 3.05) is 10.0 Å². The SMILES string of the molecule is CCC(C)S(=O)Nc1ccc([C@@H](C)C(=O)Nc2nc(C(F)(F)F)cs2)cc1. The lowest BCUT2D eigenvalue weighted by Crippen LogP contribution is -2.19. The number of aromatic nitrogens is 1. The van der Waals surface area contributed by atoms with Crippen LogP contribution >= 0.6 is 11.3 Å². The Hall–Kier alpha value is -1.94. The lowest BCUT2D eigenvalue weighted by Gasteiger charge is -2.14. The highest BCUT2D eigenvalue weighted by molar-refractivity contribution is 7.87. The molecule has 1 aromatic carbocycles. The van der Waals surface area contributed by atoms with E-state index in [1.54, 1.807) is 31.2 Å². The molecular formula is C17H20F3N3O2S2. The minimum atomic E-state index is -4.54. The Morgan fingerprint density at radius 1 is 1.26 bits per heavy atom. The third-order valence-corrected chi connectivity index (χ3v) is 6.25. The minimum absolute atomic E-state index is 0.00858. The van der Waals surface area contributed by atoms with Gasteiger partial charge in [0.05, 0.1) is 11.2 Å². The van der Waals surface area contributed by atoms with Gasteiger partial charge >= 0.3 is 6.18 Å². The maximum absolute atomic E-state index is 12.6. The number of carbonyl (C=O) groups is 1. The molecule has 1 aromatic heterocycles. The van der Waals surface area contributed by atoms with Crippen LogP contribution in [0.4, 0.5) is 24.0 Å². The van der Waals surface area contributed by atoms with Crippen molar-refractivity contribution in [3.8, 4) is 0 Å². The van der Waals surface area contributed by atoms with Crippen LogP contribution in [0.3, 0.4) is 0 Å². The Balaban J connectivity index is 2.00. The first-order valence-corrected chi connectivity index (χ1v) is 10.3. The normalized spacial score (nSPS) is 15.0. The summed E-state index contributed by atoms with van der Waals surface area (Å²) in [6.07, 6.45) is -3.76. The largest absolute Gasteiger partial charge is 0.434 e. The number of nitrogens with one attached hydrogen (secondary N) is 2. The van der Waals surface area contributed by atoms with Gasteiger partial charge in [0.15, 0.2) is 10.8 Å². The van der Waals surface area contributed by atoms with Crippen LogP contribution in [0.5, 0.6) is 0 Å². The molecule has 0 saturated carbocycles. The van der Waals surface area contributed by atoms with Gasteiger partial charge in [0.25, 0.3) is 0 Å². The van der Waals surface area contributed by atoms with E-state index in [1.807, 2.05) is 13.8 Å². The van der Waals surface area contributed by atoms with Crippen molar-refractivity contribution in [3.05, 3.63) is 40.9 Å². The lowest BCUT2D eigenvalue weighted by atomic mass is 10.0. The molecule has 5 nitrogen and oxygen atoms in total. The van der Waals surface area contributed by atoms with Gasteiger partial charge in [0.2, 0.25) is 5.91 Å². The fourth-order valence-corrected chi connectivity index (χ4v) is 3.63. The van der Waals surface area contributed by atoms with E-state index in [1.165, 1.54) is 0 Å². The summed E-state index contributed by atoms with van der Waals surface area (Å²) >= 11 is 0.725. The zero-order valence-electron chi connectivity index (χ0n) is 15.0. The van der Waals surface area contributed by atoms with Crippen molar-refractivity contribution in [1.82, 2.24) is 4.98 Å². The first kappa shape index (κ1) is 21.4. The molecule has 0 bridgehead atoms. The third-order valence-electron chi connectivity index (χ3n) is 3.99. The van der Waals surface area contributed by atoms with Crippen LogP contribution in [0.1, 0.15) is 44.4 Å². The predicted molar refractivity (Wildman–Crippen MR) is 102 cm³/mol. The highest BCUT2D eigenvalue weighted by Gasteiger charge is 2.34. The van der Waals surface area contributed by atoms with Gasteiger partial charge in [-0.3, -0.25) is 4.79 Å². The van der Waals surface area contributed by atoms with Crippen molar-refractivity contribution in [3.63, 3.8) is 0 Å². The second kappa shape index (κ2) is 8.83. The number of hydrogen-bond acceptors (Lipinski definition) is 4. The van der Waals surface area contributed by atoms with E-state index in [9.17, 15) is 22.2 Å². The van der Waals surface area contributed by atoms with Crippen molar-refractivity contribution in [1.29, 1.82) is 0 Å². The van der Waals surface area contributed by atoms with Gasteiger partial charge < -0.3 is 10.0 Å². The topological polar surface area (TPSA) is 71.1 Å². The maximum Gasteiger partial charge on any atom is 0.434 e. The van der Waals surface area contributed by atoms with Crippen LogP contribution in [0.25, 0.3) is 0 Å². The second-order valence-corrected chi connectivity index (χ2v) is 8.45. The number of hydrogen-bond donors (Lipinski definition) is 2. The van der Waals surface area contributed by atoms with E-state index in [0.29, 0.717) is 11.3 Å². The fraction of sp³-hybridized carbons (Fsp3) is 0.412. The molecule has 2 rings (SSSR count). The Morgan fingerprint density at radius 2 is 1.89 bits per heavy atom. The van der Waals surface area contributed by atoms with Crippen LogP contribution in [-0.4, -0.2) is 20.3 Å². The zero-order valence-corrected chi connectivity index (χ0v) is 16.6. The van der Waals surface area contributed by atoms with Crippen molar-refractivity contribution < 1.29 is 22.2 Å². The fourth-order valence-electron chi connectivity index (χ4n) is 2.03. The average molecular weight is 419 g/mol. The summed E-state index contributed by atoms with van der Waals surface area (Å²) in [5.41, 5.74) is 0.319. The molecule has 0 aliphatic rings. The number of halogens is 3. The van der Waals surface area contributed by atoms with Crippen LogP contribution in [0, 0.1) is 0 Å². The molecule has 148 valence electrons. The smallest absolute Gasteiger partial charge is 0.305 e. The van der Waals surface area contributed by atoms with Gasteiger partial charge in [-0.25, -0.2) is 9.19 Å². The molecule has 0 radical (unpaired) electrons. The Kier molecular flexibility index (Phi) is 6.99. The first-order valence-electron chi connectivity index (χ1n) is 8.22. The number of amides is 1. The number of rotatable bonds is 7. The van der Waals surface area contributed by atoms with Gasteiger partial charge in [0, 0.05) is 11.1 Å². The molecular weight excluding hydrogens is 399 g/mol. The van der Waals surface area contributed by atoms with Crippen molar-refractivity contribution in [2.45, 2.75) is 44.5 Å². The second-order valence-electron chi connectivity index (χ2n) is 5.99. The van der Waals surface area contributed by atoms with E-state index in [2.05, 4.69) is 15.0 Å². The number of benzene rings is 1. The molecule has 3 atom stereocenters. The molecule has 0 aliphatic heterocycles. The number of carbonyl (C=O) groups excluding carboxylic acids is 1. The minimum Gasteiger partial charge on any atom is -0.305 e. The molecule has 2 aromatic rings. The quantitative estimate of drug-likeness (QED) is 0.679. The van der Waals surface area contributed by atoms with Gasteiger partial charge in [-0.2, -0.15) is 13.2 Å². The van der Waals surface area contributed by atoms with Crippen molar-refractivity contribution >= 4 is 39.0 Å². The lowest BCUT2D eigenvalue weighted by molar-refractivity contribution is -0.140. The van der Waals surface area contributed by atoms with E-state index in [4.69, 9.17) is 0 Å². The summed E-state index contributed by atoms with van der Waals surface area (Å²) in [4.78, 5) is 15.7. The number of nitrogens with zero attached hydrogens (tertiary/aromatic N) is 1. The van der Waals surface area contributed by atoms with E-state index in [0.717, 1.165) is 23.1 Å². The number of alkyl halides is 3. The van der Waals surface area contributed by atoms with Crippen LogP contribution < -0.4 is 10.0 Å². The average Bonchev–Trinajstić information content (AvgIpc) is 3.09. The number of anilines is 2. The summed E-state index contributed by atoms with van der Waals surface area (Å²) in [7, 11) is -1.20. The van der Waals surface area contributed by atoms with E-state index >= 15 is 0 Å².